The number of Topliss-reactive ketones (excluding diaryl/α,β-unsaturated/α-hetero) is 1. The summed E-state index contributed by atoms with van der Waals surface area (Å²) in [6.07, 6.45) is -2.60. The van der Waals surface area contributed by atoms with Crippen molar-refractivity contribution in [2.45, 2.75) is 141 Å². The first-order valence-electron chi connectivity index (χ1n) is 19.5. The Hall–Kier alpha value is -3.18. The SMILES string of the molecule is CC[C@H]1OC(=O)[C@H](C)C(=O)[C@H](C)[C@@H](O[C@@H]2O[C@H](C)C[C@H](N(C)C)[C@H]2O)[C@@]2(C)C[C@@H](C)C3=NC(=O)C(Cc4cccnc4)O/N=C(/CO[C@H]([C@H]3C)[C@]1(C)O)CO2. The molecule has 0 aliphatic carbocycles. The van der Waals surface area contributed by atoms with Crippen molar-refractivity contribution in [2.24, 2.45) is 33.8 Å². The molecule has 0 radical (unpaired) electrons. The van der Waals surface area contributed by atoms with Crippen LogP contribution in [0.4, 0.5) is 0 Å². The van der Waals surface area contributed by atoms with E-state index in [0.717, 1.165) is 5.56 Å². The molecule has 2 N–H and O–H groups in total. The van der Waals surface area contributed by atoms with Gasteiger partial charge in [-0.05, 0) is 78.6 Å². The molecule has 306 valence electrons. The molecule has 1 aromatic rings. The highest BCUT2D eigenvalue weighted by molar-refractivity contribution is 6.01. The van der Waals surface area contributed by atoms with E-state index in [1.807, 2.05) is 45.8 Å². The number of aliphatic hydroxyl groups is 2. The normalized spacial score (nSPS) is 41.9. The zero-order valence-electron chi connectivity index (χ0n) is 33.8. The number of fused-ring (bicyclic) bond motifs is 4. The van der Waals surface area contributed by atoms with Crippen molar-refractivity contribution in [2.75, 3.05) is 27.3 Å². The molecule has 4 aliphatic heterocycles. The number of carbonyl (C=O) groups is 3. The number of esters is 1. The van der Waals surface area contributed by atoms with Gasteiger partial charge in [0.1, 0.15) is 29.4 Å². The highest BCUT2D eigenvalue weighted by Crippen LogP contribution is 2.40. The second-order valence-electron chi connectivity index (χ2n) is 16.5. The molecule has 0 aromatic carbocycles. The fraction of sp³-hybridized carbons (Fsp3) is 0.750. The summed E-state index contributed by atoms with van der Waals surface area (Å²) in [5.41, 5.74) is -1.80. The monoisotopic (exact) mass is 772 g/mol. The maximum absolute atomic E-state index is 14.4. The maximum atomic E-state index is 14.4. The van der Waals surface area contributed by atoms with E-state index >= 15 is 0 Å². The minimum absolute atomic E-state index is 0.140. The van der Waals surface area contributed by atoms with Gasteiger partial charge in [-0.15, -0.1) is 0 Å². The number of hydrogen-bond acceptors (Lipinski definition) is 14. The van der Waals surface area contributed by atoms with Gasteiger partial charge in [0.2, 0.25) is 6.10 Å². The molecule has 15 nitrogen and oxygen atoms in total. The van der Waals surface area contributed by atoms with Gasteiger partial charge in [-0.2, -0.15) is 0 Å². The number of likely N-dealkylation sites (N-methyl/N-ethyl adjacent to an activating group) is 1. The van der Waals surface area contributed by atoms with Crippen LogP contribution in [0.3, 0.4) is 0 Å². The van der Waals surface area contributed by atoms with E-state index in [1.54, 1.807) is 39.2 Å². The Bertz CT molecular complexity index is 1590. The Labute approximate surface area is 324 Å². The molecule has 1 unspecified atom stereocenters. The van der Waals surface area contributed by atoms with Crippen molar-refractivity contribution in [3.8, 4) is 0 Å². The van der Waals surface area contributed by atoms with Gasteiger partial charge >= 0.3 is 5.97 Å². The van der Waals surface area contributed by atoms with Crippen LogP contribution >= 0.6 is 0 Å². The molecule has 5 rings (SSSR count). The first kappa shape index (κ1) is 43.0. The summed E-state index contributed by atoms with van der Waals surface area (Å²) >= 11 is 0. The fourth-order valence-electron chi connectivity index (χ4n) is 8.66. The number of carbonyl (C=O) groups excluding carboxylic acids is 3. The smallest absolute Gasteiger partial charge is 0.316 e. The number of amides is 1. The third kappa shape index (κ3) is 9.35. The molecule has 55 heavy (non-hydrogen) atoms. The van der Waals surface area contributed by atoms with Gasteiger partial charge < -0.3 is 43.6 Å². The zero-order valence-corrected chi connectivity index (χ0v) is 33.8. The van der Waals surface area contributed by atoms with Crippen LogP contribution in [-0.4, -0.2) is 137 Å². The van der Waals surface area contributed by atoms with Crippen molar-refractivity contribution in [3.63, 3.8) is 0 Å². The van der Waals surface area contributed by atoms with Crippen LogP contribution in [-0.2, 0) is 49.3 Å². The third-order valence-electron chi connectivity index (χ3n) is 11.8. The number of hydrogen-bond donors (Lipinski definition) is 2. The van der Waals surface area contributed by atoms with E-state index in [0.29, 0.717) is 12.1 Å². The van der Waals surface area contributed by atoms with Gasteiger partial charge in [-0.25, -0.2) is 4.99 Å². The van der Waals surface area contributed by atoms with Crippen molar-refractivity contribution in [1.29, 1.82) is 0 Å². The van der Waals surface area contributed by atoms with E-state index in [2.05, 4.69) is 10.1 Å². The quantitative estimate of drug-likeness (QED) is 0.318. The predicted octanol–water partition coefficient (Wildman–Crippen LogP) is 2.92. The molecule has 3 fully saturated rings. The number of aliphatic imine (C=N–C) groups is 1. The Morgan fingerprint density at radius 3 is 2.44 bits per heavy atom. The Balaban J connectivity index is 1.70. The Morgan fingerprint density at radius 1 is 1.05 bits per heavy atom. The van der Waals surface area contributed by atoms with Gasteiger partial charge in [-0.3, -0.25) is 19.4 Å². The summed E-state index contributed by atoms with van der Waals surface area (Å²) in [4.78, 5) is 59.2. The van der Waals surface area contributed by atoms with Crippen LogP contribution in [0, 0.1) is 23.7 Å². The maximum Gasteiger partial charge on any atom is 0.316 e. The third-order valence-corrected chi connectivity index (χ3v) is 11.8. The molecule has 3 saturated heterocycles. The van der Waals surface area contributed by atoms with Crippen molar-refractivity contribution in [1.82, 2.24) is 9.88 Å². The van der Waals surface area contributed by atoms with Gasteiger partial charge in [0.25, 0.3) is 5.91 Å². The number of nitrogens with zero attached hydrogens (tertiary/aromatic N) is 4. The number of ketones is 1. The largest absolute Gasteiger partial charge is 0.459 e. The predicted molar refractivity (Wildman–Crippen MR) is 201 cm³/mol. The fourth-order valence-corrected chi connectivity index (χ4v) is 8.66. The van der Waals surface area contributed by atoms with Crippen LogP contribution < -0.4 is 0 Å². The standard InChI is InChI=1S/C40H60N4O11/c1-11-30-40(8,49)35-23(4)31-21(2)17-39(7,51-20-27(19-50-35)43-55-29(36(47)42-31)16-26-13-12-14-41-18-26)34(24(5)32(45)25(6)37(48)53-30)54-38-33(46)28(44(9)10)15-22(3)52-38/h12-14,18,21-25,28-30,33-35,38,46,49H,11,15-17,19-20H2,1-10H3/b42-31?,43-27-/t21-,22-,23+,24+,25-,28+,29?,30-,33-,34-,35-,38+,39-,40-/m1/s1. The highest BCUT2D eigenvalue weighted by Gasteiger charge is 2.53. The summed E-state index contributed by atoms with van der Waals surface area (Å²) in [5, 5.41) is 28.3. The van der Waals surface area contributed by atoms with Crippen LogP contribution in [0.15, 0.2) is 34.7 Å². The molecule has 1 aromatic heterocycles. The van der Waals surface area contributed by atoms with Crippen molar-refractivity contribution >= 4 is 29.1 Å². The van der Waals surface area contributed by atoms with Gasteiger partial charge in [0.15, 0.2) is 12.1 Å². The lowest BCUT2D eigenvalue weighted by molar-refractivity contribution is -0.296. The lowest BCUT2D eigenvalue weighted by Gasteiger charge is -2.47. The first-order valence-corrected chi connectivity index (χ1v) is 19.5. The van der Waals surface area contributed by atoms with E-state index in [4.69, 9.17) is 33.5 Å². The number of aliphatic hydroxyl groups excluding tert-OH is 1. The number of cyclic esters (lactones) is 1. The van der Waals surface area contributed by atoms with Crippen LogP contribution in [0.1, 0.15) is 80.2 Å². The molecule has 14 atom stereocenters. The van der Waals surface area contributed by atoms with Crippen molar-refractivity contribution in [3.05, 3.63) is 30.1 Å². The lowest BCUT2D eigenvalue weighted by atomic mass is 9.73. The number of oxime groups is 1. The molecule has 4 bridgehead atoms. The topological polar surface area (TPSA) is 188 Å². The number of ether oxygens (including phenoxy) is 5. The second kappa shape index (κ2) is 17.5. The molecular weight excluding hydrogens is 712 g/mol. The average Bonchev–Trinajstić information content (AvgIpc) is 3.17. The molecule has 15 heteroatoms. The lowest BCUT2D eigenvalue weighted by Crippen LogP contribution is -2.60. The number of pyridine rings is 1. The van der Waals surface area contributed by atoms with Gasteiger partial charge in [-0.1, -0.05) is 38.9 Å². The summed E-state index contributed by atoms with van der Waals surface area (Å²) in [6.45, 7) is 13.5. The zero-order chi connectivity index (χ0) is 40.4. The molecular formula is C40H60N4O11. The highest BCUT2D eigenvalue weighted by atomic mass is 16.7. The minimum Gasteiger partial charge on any atom is -0.459 e. The minimum atomic E-state index is -1.82. The molecule has 1 amide bonds. The van der Waals surface area contributed by atoms with Gasteiger partial charge in [0, 0.05) is 42.4 Å². The summed E-state index contributed by atoms with van der Waals surface area (Å²) in [7, 11) is 3.74. The Morgan fingerprint density at radius 2 is 1.78 bits per heavy atom. The van der Waals surface area contributed by atoms with Crippen molar-refractivity contribution < 1.29 is 53.1 Å². The molecule has 0 saturated carbocycles. The van der Waals surface area contributed by atoms with Crippen LogP contribution in [0.25, 0.3) is 0 Å². The Kier molecular flexibility index (Phi) is 13.7. The van der Waals surface area contributed by atoms with E-state index in [1.165, 1.54) is 13.8 Å². The number of rotatable bonds is 6. The second-order valence-corrected chi connectivity index (χ2v) is 16.5. The van der Waals surface area contributed by atoms with Crippen LogP contribution in [0.2, 0.25) is 0 Å². The molecule has 4 aliphatic rings. The summed E-state index contributed by atoms with van der Waals surface area (Å²) < 4.78 is 32.3. The summed E-state index contributed by atoms with van der Waals surface area (Å²) in [6, 6.07) is 3.29. The average molecular weight is 773 g/mol. The summed E-state index contributed by atoms with van der Waals surface area (Å²) in [5.74, 6) is -5.39. The number of aromatic nitrogens is 1. The van der Waals surface area contributed by atoms with Crippen LogP contribution in [0.5, 0.6) is 0 Å². The molecule has 0 spiro atoms. The molecule has 5 heterocycles. The van der Waals surface area contributed by atoms with E-state index in [9.17, 15) is 24.6 Å². The van der Waals surface area contributed by atoms with E-state index in [-0.39, 0.29) is 50.3 Å². The van der Waals surface area contributed by atoms with E-state index < -0.39 is 89.3 Å². The first-order chi connectivity index (χ1) is 25.9. The van der Waals surface area contributed by atoms with Gasteiger partial charge in [0.05, 0.1) is 37.1 Å².